The van der Waals surface area contributed by atoms with Crippen molar-refractivity contribution in [2.24, 2.45) is 0 Å². The van der Waals surface area contributed by atoms with Gasteiger partial charge in [-0.1, -0.05) is 13.0 Å². The van der Waals surface area contributed by atoms with Crippen LogP contribution in [0.2, 0.25) is 0 Å². The van der Waals surface area contributed by atoms with E-state index in [1.165, 1.54) is 6.20 Å². The second-order valence-electron chi connectivity index (χ2n) is 6.35. The van der Waals surface area contributed by atoms with Gasteiger partial charge in [0, 0.05) is 1.37 Å². The molecule has 2 N–H and O–H groups in total. The molecule has 3 heterocycles. The molecule has 2 aliphatic rings. The van der Waals surface area contributed by atoms with E-state index in [-0.39, 0.29) is 18.5 Å². The maximum atomic E-state index is 14.4. The molecule has 2 aromatic rings. The number of rotatable bonds is 4. The number of halogens is 1. The molecule has 1 saturated heterocycles. The zero-order chi connectivity index (χ0) is 19.8. The van der Waals surface area contributed by atoms with Crippen molar-refractivity contribution in [3.63, 3.8) is 0 Å². The molecule has 4 rings (SSSR count). The van der Waals surface area contributed by atoms with Gasteiger partial charge < -0.3 is 24.6 Å². The van der Waals surface area contributed by atoms with Crippen molar-refractivity contribution >= 4 is 11.5 Å². The highest BCUT2D eigenvalue weighted by atomic mass is 19.1. The molecule has 1 aromatic heterocycles. The van der Waals surface area contributed by atoms with E-state index in [4.69, 9.17) is 15.6 Å². The Kier molecular flexibility index (Phi) is 4.17. The quantitative estimate of drug-likeness (QED) is 0.720. The van der Waals surface area contributed by atoms with Crippen LogP contribution in [0, 0.1) is 0 Å². The molecule has 0 bridgehead atoms. The lowest BCUT2D eigenvalue weighted by Gasteiger charge is -2.24. The summed E-state index contributed by atoms with van der Waals surface area (Å²) in [5, 5.41) is 12.9. The van der Waals surface area contributed by atoms with E-state index in [1.54, 1.807) is 18.2 Å². The van der Waals surface area contributed by atoms with Crippen LogP contribution in [-0.4, -0.2) is 39.6 Å². The van der Waals surface area contributed by atoms with E-state index >= 15 is 0 Å². The monoisotopic (exact) mass is 378 g/mol. The van der Waals surface area contributed by atoms with Gasteiger partial charge in [0.15, 0.2) is 29.7 Å². The first kappa shape index (κ1) is 16.5. The number of aliphatic hydroxyl groups excluding tert-OH is 1. The van der Waals surface area contributed by atoms with Crippen LogP contribution in [0.5, 0.6) is 17.2 Å². The molecule has 0 amide bonds. The first-order valence-electron chi connectivity index (χ1n) is 9.35. The summed E-state index contributed by atoms with van der Waals surface area (Å²) in [6.07, 6.45) is -3.60. The van der Waals surface area contributed by atoms with Gasteiger partial charge in [-0.2, -0.15) is 4.98 Å². The van der Waals surface area contributed by atoms with Crippen LogP contribution < -0.4 is 20.5 Å². The van der Waals surface area contributed by atoms with Gasteiger partial charge in [0.1, 0.15) is 17.5 Å². The number of alkyl halides is 1. The summed E-state index contributed by atoms with van der Waals surface area (Å²) in [5.41, 5.74) is -0.214. The summed E-state index contributed by atoms with van der Waals surface area (Å²) in [6, 6.07) is 5.27. The second kappa shape index (κ2) is 6.82. The maximum absolute atomic E-state index is 14.4. The number of fused-ring (bicyclic) bond motifs is 2. The highest BCUT2D eigenvalue weighted by Gasteiger charge is 2.43. The van der Waals surface area contributed by atoms with E-state index < -0.39 is 30.3 Å². The summed E-state index contributed by atoms with van der Waals surface area (Å²) in [6.45, 7) is 2.19. The molecule has 4 atom stereocenters. The third-order valence-corrected chi connectivity index (χ3v) is 4.40. The number of aliphatic hydroxyl groups is 1. The molecule has 27 heavy (non-hydrogen) atoms. The number of nitrogens with one attached hydrogen (secondary N) is 1. The highest BCUT2D eigenvalue weighted by molar-refractivity contribution is 5.77. The lowest BCUT2D eigenvalue weighted by molar-refractivity contribution is -0.0186. The van der Waals surface area contributed by atoms with Gasteiger partial charge in [-0.05, 0) is 25.5 Å². The van der Waals surface area contributed by atoms with Gasteiger partial charge >= 0.3 is 5.69 Å². The van der Waals surface area contributed by atoms with Crippen molar-refractivity contribution in [2.75, 3.05) is 11.9 Å². The Bertz CT molecular complexity index is 940. The Morgan fingerprint density at radius 2 is 2.33 bits per heavy atom. The van der Waals surface area contributed by atoms with E-state index in [1.807, 2.05) is 6.92 Å². The zero-order valence-corrected chi connectivity index (χ0v) is 14.6. The van der Waals surface area contributed by atoms with Gasteiger partial charge in [-0.15, -0.1) is 0 Å². The lowest BCUT2D eigenvalue weighted by atomic mass is 10.2. The van der Waals surface area contributed by atoms with Crippen LogP contribution in [0.1, 0.15) is 27.8 Å². The molecule has 0 spiro atoms. The lowest BCUT2D eigenvalue weighted by Crippen LogP contribution is -2.33. The van der Waals surface area contributed by atoms with Gasteiger partial charge in [0.2, 0.25) is 0 Å². The van der Waals surface area contributed by atoms with Crippen LogP contribution in [0.15, 0.2) is 29.2 Å². The molecule has 2 aliphatic heterocycles. The van der Waals surface area contributed by atoms with Crippen molar-refractivity contribution in [2.45, 2.75) is 44.9 Å². The summed E-state index contributed by atoms with van der Waals surface area (Å²) >= 11 is 0. The molecule has 1 unspecified atom stereocenters. The standard InChI is InChI=1S/C18H20FN3O5/c1-3-7-25-10-5-4-6-11-14(10)20-16-12(27-11)8-22(18(24)21-16)17-13(19)15(23)9(2)26-17/h4-6,8-9,13,15,17,23H,3,7H2,1-2H3,(H,20,21,24)/t9-,13?,15+,17-/m1/s1/i2D. The predicted molar refractivity (Wildman–Crippen MR) is 94.6 cm³/mol. The number of hydrogen-bond acceptors (Lipinski definition) is 7. The molecule has 144 valence electrons. The van der Waals surface area contributed by atoms with Crippen molar-refractivity contribution < 1.29 is 25.1 Å². The van der Waals surface area contributed by atoms with Crippen LogP contribution >= 0.6 is 0 Å². The fourth-order valence-electron chi connectivity index (χ4n) is 3.01. The molecular formula is C18H20FN3O5. The van der Waals surface area contributed by atoms with Crippen molar-refractivity contribution in [3.8, 4) is 17.2 Å². The van der Waals surface area contributed by atoms with Crippen molar-refractivity contribution in [1.82, 2.24) is 9.55 Å². The molecule has 0 saturated carbocycles. The average Bonchev–Trinajstić information content (AvgIpc) is 2.98. The van der Waals surface area contributed by atoms with Gasteiger partial charge in [0.05, 0.1) is 18.9 Å². The Morgan fingerprint density at radius 1 is 1.48 bits per heavy atom. The Balaban J connectivity index is 1.67. The summed E-state index contributed by atoms with van der Waals surface area (Å²) in [4.78, 5) is 16.4. The average molecular weight is 378 g/mol. The van der Waals surface area contributed by atoms with Gasteiger partial charge in [-0.3, -0.25) is 4.57 Å². The van der Waals surface area contributed by atoms with Gasteiger partial charge in [0.25, 0.3) is 0 Å². The molecular weight excluding hydrogens is 357 g/mol. The smallest absolute Gasteiger partial charge is 0.352 e. The number of ether oxygens (including phenoxy) is 3. The predicted octanol–water partition coefficient (Wildman–Crippen LogP) is 2.50. The van der Waals surface area contributed by atoms with E-state index in [2.05, 4.69) is 10.3 Å². The van der Waals surface area contributed by atoms with Crippen LogP contribution in [0.3, 0.4) is 0 Å². The minimum Gasteiger partial charge on any atom is -0.491 e. The third-order valence-electron chi connectivity index (χ3n) is 4.40. The second-order valence-corrected chi connectivity index (χ2v) is 6.35. The van der Waals surface area contributed by atoms with Crippen LogP contribution in [0.4, 0.5) is 15.9 Å². The van der Waals surface area contributed by atoms with Crippen LogP contribution in [0.25, 0.3) is 0 Å². The van der Waals surface area contributed by atoms with Crippen LogP contribution in [-0.2, 0) is 4.74 Å². The number of hydrogen-bond donors (Lipinski definition) is 2. The highest BCUT2D eigenvalue weighted by Crippen LogP contribution is 2.45. The largest absolute Gasteiger partial charge is 0.491 e. The number of aromatic nitrogens is 2. The molecule has 0 radical (unpaired) electrons. The Labute approximate surface area is 155 Å². The first-order valence-corrected chi connectivity index (χ1v) is 8.64. The topological polar surface area (TPSA) is 94.8 Å². The number of anilines is 2. The zero-order valence-electron chi connectivity index (χ0n) is 15.6. The minimum absolute atomic E-state index is 0.173. The number of para-hydroxylation sites is 1. The molecule has 1 aromatic carbocycles. The Hall–Kier alpha value is -2.65. The number of benzene rings is 1. The summed E-state index contributed by atoms with van der Waals surface area (Å²) in [5.74, 6) is 1.42. The van der Waals surface area contributed by atoms with Gasteiger partial charge in [-0.25, -0.2) is 9.18 Å². The summed E-state index contributed by atoms with van der Waals surface area (Å²) < 4.78 is 39.5. The van der Waals surface area contributed by atoms with Crippen molar-refractivity contribution in [3.05, 3.63) is 34.9 Å². The Morgan fingerprint density at radius 3 is 3.07 bits per heavy atom. The summed E-state index contributed by atoms with van der Waals surface area (Å²) in [7, 11) is 0. The maximum Gasteiger partial charge on any atom is 0.352 e. The molecule has 0 aliphatic carbocycles. The molecule has 8 nitrogen and oxygen atoms in total. The van der Waals surface area contributed by atoms with E-state index in [0.717, 1.165) is 11.0 Å². The van der Waals surface area contributed by atoms with E-state index in [9.17, 15) is 14.3 Å². The number of nitrogens with zero attached hydrogens (tertiary/aromatic N) is 2. The third kappa shape index (κ3) is 3.02. The minimum atomic E-state index is -1.86. The SMILES string of the molecule is [2H]C[C@H]1O[C@@H](n2cc3c(nc2=O)Nc2c(OCCC)cccc2O3)C(F)[C@H]1O. The van der Waals surface area contributed by atoms with E-state index in [0.29, 0.717) is 23.8 Å². The fraction of sp³-hybridized carbons (Fsp3) is 0.444. The molecule has 1 fully saturated rings. The normalized spacial score (nSPS) is 26.4. The molecule has 9 heteroatoms. The fourth-order valence-corrected chi connectivity index (χ4v) is 3.01. The first-order chi connectivity index (χ1) is 13.5. The van der Waals surface area contributed by atoms with Crippen molar-refractivity contribution in [1.29, 1.82) is 0 Å².